The minimum absolute atomic E-state index is 0.110. The van der Waals surface area contributed by atoms with Crippen LogP contribution in [0.3, 0.4) is 0 Å². The van der Waals surface area contributed by atoms with E-state index < -0.39 is 4.92 Å². The minimum atomic E-state index is -0.419. The molecule has 0 aliphatic heterocycles. The molecule has 0 aliphatic rings. The van der Waals surface area contributed by atoms with Gasteiger partial charge in [0.05, 0.1) is 4.92 Å². The van der Waals surface area contributed by atoms with E-state index >= 15 is 0 Å². The van der Waals surface area contributed by atoms with Gasteiger partial charge in [0, 0.05) is 17.9 Å². The van der Waals surface area contributed by atoms with Gasteiger partial charge in [-0.2, -0.15) is 0 Å². The highest BCUT2D eigenvalue weighted by Crippen LogP contribution is 2.18. The number of halogens is 1. The third kappa shape index (κ3) is 2.39. The fraction of sp³-hybridized carbons (Fsp3) is 0.143. The predicted molar refractivity (Wildman–Crippen MR) is 50.2 cm³/mol. The van der Waals surface area contributed by atoms with E-state index in [1.54, 1.807) is 12.1 Å². The molecule has 0 saturated carbocycles. The van der Waals surface area contributed by atoms with Gasteiger partial charge in [-0.05, 0) is 16.2 Å². The van der Waals surface area contributed by atoms with Crippen molar-refractivity contribution >= 4 is 27.3 Å². The lowest BCUT2D eigenvalue weighted by atomic mass is 10.2. The molecule has 0 radical (unpaired) electrons. The largest absolute Gasteiger partial charge is 0.269 e. The van der Waals surface area contributed by atoms with Crippen LogP contribution in [0, 0.1) is 10.1 Å². The molecule has 0 heterocycles. The van der Waals surface area contributed by atoms with Crippen LogP contribution >= 0.6 is 21.7 Å². The van der Waals surface area contributed by atoms with Crippen LogP contribution in [0.1, 0.15) is 5.56 Å². The summed E-state index contributed by atoms with van der Waals surface area (Å²) in [5, 5.41) is 10.2. The Morgan fingerprint density at radius 2 is 2.00 bits per heavy atom. The zero-order valence-electron chi connectivity index (χ0n) is 6.07. The van der Waals surface area contributed by atoms with Crippen molar-refractivity contribution in [2.45, 2.75) is 5.75 Å². The molecule has 64 valence electrons. The standard InChI is InChI=1S/C7H6ClNO2S/c8-12-5-6-1-3-7(4-2-6)9(10)11/h1-4H,5H2. The highest BCUT2D eigenvalue weighted by molar-refractivity contribution is 8.20. The normalized spacial score (nSPS) is 9.75. The SMILES string of the molecule is O=[N+]([O-])c1ccc(CSCl)cc1. The van der Waals surface area contributed by atoms with E-state index in [9.17, 15) is 10.1 Å². The minimum Gasteiger partial charge on any atom is -0.258 e. The van der Waals surface area contributed by atoms with Crippen LogP contribution < -0.4 is 0 Å². The van der Waals surface area contributed by atoms with E-state index in [1.807, 2.05) is 0 Å². The Hall–Kier alpha value is -0.740. The third-order valence-electron chi connectivity index (χ3n) is 1.37. The molecule has 0 spiro atoms. The van der Waals surface area contributed by atoms with Crippen LogP contribution in [-0.2, 0) is 5.75 Å². The summed E-state index contributed by atoms with van der Waals surface area (Å²) >= 11 is 0. The first-order chi connectivity index (χ1) is 5.74. The first kappa shape index (κ1) is 9.35. The lowest BCUT2D eigenvalue weighted by Crippen LogP contribution is -1.87. The molecule has 0 aromatic heterocycles. The van der Waals surface area contributed by atoms with Gasteiger partial charge >= 0.3 is 0 Å². The van der Waals surface area contributed by atoms with E-state index in [4.69, 9.17) is 10.7 Å². The summed E-state index contributed by atoms with van der Waals surface area (Å²) in [5.74, 6) is 0.666. The van der Waals surface area contributed by atoms with Crippen molar-refractivity contribution in [3.63, 3.8) is 0 Å². The zero-order chi connectivity index (χ0) is 8.97. The molecule has 0 unspecified atom stereocenters. The number of hydrogen-bond acceptors (Lipinski definition) is 3. The molecule has 0 aliphatic carbocycles. The van der Waals surface area contributed by atoms with Crippen LogP contribution in [0.2, 0.25) is 0 Å². The first-order valence-corrected chi connectivity index (χ1v) is 5.02. The van der Waals surface area contributed by atoms with Gasteiger partial charge in [-0.3, -0.25) is 10.1 Å². The maximum atomic E-state index is 10.2. The van der Waals surface area contributed by atoms with Crippen LogP contribution in [0.25, 0.3) is 0 Å². The van der Waals surface area contributed by atoms with Gasteiger partial charge in [0.1, 0.15) is 0 Å². The van der Waals surface area contributed by atoms with E-state index in [2.05, 4.69) is 0 Å². The molecule has 0 N–H and O–H groups in total. The van der Waals surface area contributed by atoms with Crippen molar-refractivity contribution in [1.82, 2.24) is 0 Å². The van der Waals surface area contributed by atoms with Crippen molar-refractivity contribution in [3.8, 4) is 0 Å². The molecule has 0 fully saturated rings. The summed E-state index contributed by atoms with van der Waals surface area (Å²) < 4.78 is 0. The molecule has 1 aromatic rings. The number of nitro groups is 1. The average molecular weight is 204 g/mol. The monoisotopic (exact) mass is 203 g/mol. The highest BCUT2D eigenvalue weighted by atomic mass is 35.7. The molecule has 3 nitrogen and oxygen atoms in total. The lowest BCUT2D eigenvalue weighted by molar-refractivity contribution is -0.384. The summed E-state index contributed by atoms with van der Waals surface area (Å²) in [6.07, 6.45) is 0. The van der Waals surface area contributed by atoms with Crippen molar-refractivity contribution in [1.29, 1.82) is 0 Å². The molecule has 5 heteroatoms. The predicted octanol–water partition coefficient (Wildman–Crippen LogP) is 2.98. The number of hydrogen-bond donors (Lipinski definition) is 0. The summed E-state index contributed by atoms with van der Waals surface area (Å²) in [5.41, 5.74) is 1.10. The summed E-state index contributed by atoms with van der Waals surface area (Å²) in [6.45, 7) is 0. The van der Waals surface area contributed by atoms with Crippen LogP contribution in [0.15, 0.2) is 24.3 Å². The third-order valence-corrected chi connectivity index (χ3v) is 2.14. The number of benzene rings is 1. The molecule has 0 atom stereocenters. The molecule has 1 rings (SSSR count). The lowest BCUT2D eigenvalue weighted by Gasteiger charge is -1.95. The highest BCUT2D eigenvalue weighted by Gasteiger charge is 2.02. The second-order valence-electron chi connectivity index (χ2n) is 2.18. The van der Waals surface area contributed by atoms with Gasteiger partial charge in [0.15, 0.2) is 0 Å². The Kier molecular flexibility index (Phi) is 3.37. The molecule has 0 bridgehead atoms. The molecule has 0 saturated heterocycles. The Morgan fingerprint density at radius 3 is 2.42 bits per heavy atom. The zero-order valence-corrected chi connectivity index (χ0v) is 7.64. The van der Waals surface area contributed by atoms with E-state index in [-0.39, 0.29) is 5.69 Å². The Bertz CT molecular complexity index is 275. The maximum absolute atomic E-state index is 10.2. The second-order valence-corrected chi connectivity index (χ2v) is 3.34. The molecule has 0 amide bonds. The van der Waals surface area contributed by atoms with Crippen molar-refractivity contribution in [2.24, 2.45) is 0 Å². The second kappa shape index (κ2) is 4.33. The van der Waals surface area contributed by atoms with Gasteiger partial charge < -0.3 is 0 Å². The number of rotatable bonds is 3. The average Bonchev–Trinajstić information content (AvgIpc) is 2.06. The number of nitro benzene ring substituents is 1. The smallest absolute Gasteiger partial charge is 0.258 e. The number of non-ortho nitro benzene ring substituents is 1. The van der Waals surface area contributed by atoms with Crippen LogP contribution in [-0.4, -0.2) is 4.92 Å². The summed E-state index contributed by atoms with van der Waals surface area (Å²) in [7, 11) is 6.59. The number of nitrogens with zero attached hydrogens (tertiary/aromatic N) is 1. The van der Waals surface area contributed by atoms with Gasteiger partial charge in [0.25, 0.3) is 5.69 Å². The van der Waals surface area contributed by atoms with Crippen LogP contribution in [0.5, 0.6) is 0 Å². The van der Waals surface area contributed by atoms with E-state index in [0.717, 1.165) is 5.56 Å². The quantitative estimate of drug-likeness (QED) is 0.560. The maximum Gasteiger partial charge on any atom is 0.269 e. The van der Waals surface area contributed by atoms with Gasteiger partial charge in [0.2, 0.25) is 0 Å². The van der Waals surface area contributed by atoms with Gasteiger partial charge in [-0.1, -0.05) is 23.1 Å². The first-order valence-electron chi connectivity index (χ1n) is 3.21. The summed E-state index contributed by atoms with van der Waals surface area (Å²) in [4.78, 5) is 9.83. The summed E-state index contributed by atoms with van der Waals surface area (Å²) in [6, 6.07) is 6.35. The van der Waals surface area contributed by atoms with E-state index in [0.29, 0.717) is 5.75 Å². The Labute approximate surface area is 78.4 Å². The molecule has 12 heavy (non-hydrogen) atoms. The van der Waals surface area contributed by atoms with Crippen molar-refractivity contribution < 1.29 is 4.92 Å². The molecular weight excluding hydrogens is 198 g/mol. The van der Waals surface area contributed by atoms with Crippen molar-refractivity contribution in [3.05, 3.63) is 39.9 Å². The molecule has 1 aromatic carbocycles. The van der Waals surface area contributed by atoms with Crippen LogP contribution in [0.4, 0.5) is 5.69 Å². The van der Waals surface area contributed by atoms with Gasteiger partial charge in [-0.15, -0.1) is 0 Å². The topological polar surface area (TPSA) is 43.1 Å². The Balaban J connectivity index is 2.78. The molecular formula is C7H6ClNO2S. The van der Waals surface area contributed by atoms with E-state index in [1.165, 1.54) is 23.1 Å². The Morgan fingerprint density at radius 1 is 1.42 bits per heavy atom. The van der Waals surface area contributed by atoms with Gasteiger partial charge in [-0.25, -0.2) is 0 Å². The van der Waals surface area contributed by atoms with Crippen molar-refractivity contribution in [2.75, 3.05) is 0 Å². The fourth-order valence-electron chi connectivity index (χ4n) is 0.777. The fourth-order valence-corrected chi connectivity index (χ4v) is 1.47.